The van der Waals surface area contributed by atoms with Gasteiger partial charge in [-0.05, 0) is 18.9 Å². The van der Waals surface area contributed by atoms with E-state index in [0.717, 1.165) is 16.9 Å². The summed E-state index contributed by atoms with van der Waals surface area (Å²) in [5, 5.41) is 9.20. The third kappa shape index (κ3) is 1.30. The third-order valence-corrected chi connectivity index (χ3v) is 3.07. The normalized spacial score (nSPS) is 10.2. The average molecular weight is 185 g/mol. The van der Waals surface area contributed by atoms with Crippen molar-refractivity contribution in [2.75, 3.05) is 5.73 Å². The summed E-state index contributed by atoms with van der Waals surface area (Å²) in [5.41, 5.74) is 6.64. The second kappa shape index (κ2) is 3.15. The molecule has 1 heterocycles. The number of hydrogen-bond donors (Lipinski definition) is 2. The summed E-state index contributed by atoms with van der Waals surface area (Å²) in [7, 11) is 0. The topological polar surface area (TPSA) is 63.3 Å². The zero-order valence-corrected chi connectivity index (χ0v) is 7.86. The average Bonchev–Trinajstić information content (AvgIpc) is 2.25. The number of aryl methyl sites for hydroxylation is 1. The Morgan fingerprint density at radius 2 is 2.25 bits per heavy atom. The van der Waals surface area contributed by atoms with Crippen molar-refractivity contribution in [3.05, 3.63) is 16.0 Å². The fourth-order valence-electron chi connectivity index (χ4n) is 1.19. The van der Waals surface area contributed by atoms with Gasteiger partial charge in [-0.3, -0.25) is 0 Å². The number of hydrogen-bond acceptors (Lipinski definition) is 3. The van der Waals surface area contributed by atoms with E-state index in [2.05, 4.69) is 0 Å². The number of nitrogen functional groups attached to an aromatic ring is 1. The van der Waals surface area contributed by atoms with E-state index in [1.807, 2.05) is 6.92 Å². The Kier molecular flexibility index (Phi) is 2.38. The molecular formula is C8H11NO2S. The van der Waals surface area contributed by atoms with Crippen LogP contribution >= 0.6 is 11.3 Å². The predicted octanol–water partition coefficient (Wildman–Crippen LogP) is 1.90. The van der Waals surface area contributed by atoms with Crippen molar-refractivity contribution < 1.29 is 9.90 Å². The number of carbonyl (C=O) groups is 1. The van der Waals surface area contributed by atoms with E-state index in [-0.39, 0.29) is 5.56 Å². The number of anilines is 1. The van der Waals surface area contributed by atoms with Crippen molar-refractivity contribution in [3.63, 3.8) is 0 Å². The summed E-state index contributed by atoms with van der Waals surface area (Å²) in [6.45, 7) is 3.79. The molecule has 1 rings (SSSR count). The molecule has 3 N–H and O–H groups in total. The second-order valence-electron chi connectivity index (χ2n) is 2.55. The van der Waals surface area contributed by atoms with Gasteiger partial charge in [0.25, 0.3) is 0 Å². The number of nitrogens with two attached hydrogens (primary N) is 1. The monoisotopic (exact) mass is 185 g/mol. The lowest BCUT2D eigenvalue weighted by Crippen LogP contribution is -2.00. The maximum absolute atomic E-state index is 10.7. The quantitative estimate of drug-likeness (QED) is 0.739. The van der Waals surface area contributed by atoms with Crippen LogP contribution < -0.4 is 5.73 Å². The Morgan fingerprint density at radius 1 is 1.67 bits per heavy atom. The Labute approximate surface area is 74.8 Å². The summed E-state index contributed by atoms with van der Waals surface area (Å²) in [6.07, 6.45) is 0.841. The van der Waals surface area contributed by atoms with Gasteiger partial charge >= 0.3 is 5.97 Å². The number of carboxylic acids is 1. The lowest BCUT2D eigenvalue weighted by atomic mass is 10.1. The van der Waals surface area contributed by atoms with Crippen LogP contribution in [0, 0.1) is 6.92 Å². The van der Waals surface area contributed by atoms with Crippen molar-refractivity contribution in [2.45, 2.75) is 20.3 Å². The SMILES string of the molecule is CCc1sc(N)c(C(=O)O)c1C. The van der Waals surface area contributed by atoms with Crippen LogP contribution in [-0.2, 0) is 6.42 Å². The first-order valence-electron chi connectivity index (χ1n) is 3.69. The molecule has 12 heavy (non-hydrogen) atoms. The van der Waals surface area contributed by atoms with Crippen LogP contribution in [0.3, 0.4) is 0 Å². The molecule has 0 saturated carbocycles. The van der Waals surface area contributed by atoms with Gasteiger partial charge in [0.1, 0.15) is 5.00 Å². The Hall–Kier alpha value is -1.03. The van der Waals surface area contributed by atoms with Gasteiger partial charge < -0.3 is 10.8 Å². The summed E-state index contributed by atoms with van der Waals surface area (Å²) < 4.78 is 0. The molecule has 0 aliphatic rings. The minimum Gasteiger partial charge on any atom is -0.478 e. The summed E-state index contributed by atoms with van der Waals surface area (Å²) >= 11 is 1.37. The molecule has 0 fully saturated rings. The molecule has 3 nitrogen and oxygen atoms in total. The molecule has 0 aliphatic carbocycles. The van der Waals surface area contributed by atoms with Crippen LogP contribution in [0.4, 0.5) is 5.00 Å². The van der Waals surface area contributed by atoms with Gasteiger partial charge in [0.2, 0.25) is 0 Å². The minimum atomic E-state index is -0.930. The highest BCUT2D eigenvalue weighted by atomic mass is 32.1. The highest BCUT2D eigenvalue weighted by Crippen LogP contribution is 2.30. The molecule has 0 aliphatic heterocycles. The fraction of sp³-hybridized carbons (Fsp3) is 0.375. The minimum absolute atomic E-state index is 0.275. The van der Waals surface area contributed by atoms with Gasteiger partial charge in [0.05, 0.1) is 5.56 Å². The Bertz CT molecular complexity index is 317. The highest BCUT2D eigenvalue weighted by molar-refractivity contribution is 7.16. The van der Waals surface area contributed by atoms with Crippen molar-refractivity contribution in [2.24, 2.45) is 0 Å². The number of aromatic carboxylic acids is 1. The molecule has 0 aromatic carbocycles. The van der Waals surface area contributed by atoms with Crippen LogP contribution in [0.25, 0.3) is 0 Å². The summed E-state index contributed by atoms with van der Waals surface area (Å²) in [5.74, 6) is -0.930. The first kappa shape index (κ1) is 9.06. The molecule has 0 spiro atoms. The molecule has 0 bridgehead atoms. The van der Waals surface area contributed by atoms with Gasteiger partial charge in [-0.15, -0.1) is 11.3 Å². The van der Waals surface area contributed by atoms with Gasteiger partial charge in [-0.2, -0.15) is 0 Å². The zero-order chi connectivity index (χ0) is 9.30. The van der Waals surface area contributed by atoms with Crippen LogP contribution in [0.5, 0.6) is 0 Å². The maximum Gasteiger partial charge on any atom is 0.338 e. The molecule has 0 saturated heterocycles. The maximum atomic E-state index is 10.7. The molecule has 4 heteroatoms. The van der Waals surface area contributed by atoms with Crippen molar-refractivity contribution >= 4 is 22.3 Å². The van der Waals surface area contributed by atoms with Crippen molar-refractivity contribution in [1.82, 2.24) is 0 Å². The first-order chi connectivity index (χ1) is 5.57. The van der Waals surface area contributed by atoms with Gasteiger partial charge in [-0.1, -0.05) is 6.92 Å². The van der Waals surface area contributed by atoms with Crippen molar-refractivity contribution in [3.8, 4) is 0 Å². The molecule has 0 unspecified atom stereocenters. The standard InChI is InChI=1S/C8H11NO2S/c1-3-5-4(2)6(8(10)11)7(9)12-5/h3,9H2,1-2H3,(H,10,11). The summed E-state index contributed by atoms with van der Waals surface area (Å²) in [4.78, 5) is 11.8. The first-order valence-corrected chi connectivity index (χ1v) is 4.50. The molecule has 0 atom stereocenters. The zero-order valence-electron chi connectivity index (χ0n) is 7.05. The largest absolute Gasteiger partial charge is 0.478 e. The van der Waals surface area contributed by atoms with E-state index < -0.39 is 5.97 Å². The van der Waals surface area contributed by atoms with Gasteiger partial charge in [0, 0.05) is 4.88 Å². The van der Waals surface area contributed by atoms with E-state index in [0.29, 0.717) is 5.00 Å². The molecular weight excluding hydrogens is 174 g/mol. The van der Waals surface area contributed by atoms with Crippen LogP contribution in [-0.4, -0.2) is 11.1 Å². The predicted molar refractivity (Wildman–Crippen MR) is 49.8 cm³/mol. The second-order valence-corrected chi connectivity index (χ2v) is 3.68. The molecule has 0 amide bonds. The molecule has 1 aromatic rings. The fourth-order valence-corrected chi connectivity index (χ4v) is 2.20. The number of carboxylic acid groups (broad SMARTS) is 1. The lowest BCUT2D eigenvalue weighted by molar-refractivity contribution is 0.0698. The molecule has 0 radical (unpaired) electrons. The van der Waals surface area contributed by atoms with E-state index in [4.69, 9.17) is 10.8 Å². The number of rotatable bonds is 2. The van der Waals surface area contributed by atoms with Crippen LogP contribution in [0.2, 0.25) is 0 Å². The van der Waals surface area contributed by atoms with Gasteiger partial charge in [0.15, 0.2) is 0 Å². The van der Waals surface area contributed by atoms with E-state index in [9.17, 15) is 4.79 Å². The molecule has 66 valence electrons. The Morgan fingerprint density at radius 3 is 2.50 bits per heavy atom. The Balaban J connectivity index is 3.28. The lowest BCUT2D eigenvalue weighted by Gasteiger charge is -1.94. The van der Waals surface area contributed by atoms with Gasteiger partial charge in [-0.25, -0.2) is 4.79 Å². The number of thiophene rings is 1. The third-order valence-electron chi connectivity index (χ3n) is 1.81. The van der Waals surface area contributed by atoms with E-state index >= 15 is 0 Å². The molecule has 1 aromatic heterocycles. The van der Waals surface area contributed by atoms with Crippen LogP contribution in [0.1, 0.15) is 27.7 Å². The summed E-state index contributed by atoms with van der Waals surface area (Å²) in [6, 6.07) is 0. The smallest absolute Gasteiger partial charge is 0.338 e. The van der Waals surface area contributed by atoms with Crippen molar-refractivity contribution in [1.29, 1.82) is 0 Å². The van der Waals surface area contributed by atoms with Crippen LogP contribution in [0.15, 0.2) is 0 Å². The van der Waals surface area contributed by atoms with E-state index in [1.54, 1.807) is 6.92 Å². The highest BCUT2D eigenvalue weighted by Gasteiger charge is 2.17. The van der Waals surface area contributed by atoms with E-state index in [1.165, 1.54) is 11.3 Å².